The van der Waals surface area contributed by atoms with E-state index in [1.165, 1.54) is 4.90 Å². The fourth-order valence-electron chi connectivity index (χ4n) is 5.27. The van der Waals surface area contributed by atoms with Crippen molar-refractivity contribution in [1.82, 2.24) is 15.5 Å². The van der Waals surface area contributed by atoms with E-state index in [-0.39, 0.29) is 35.6 Å². The van der Waals surface area contributed by atoms with Gasteiger partial charge >= 0.3 is 12.1 Å². The van der Waals surface area contributed by atoms with Crippen LogP contribution in [0.3, 0.4) is 0 Å². The molecular formula is C36H51N3O7. The van der Waals surface area contributed by atoms with E-state index in [0.717, 1.165) is 5.56 Å². The van der Waals surface area contributed by atoms with Crippen molar-refractivity contribution in [3.63, 3.8) is 0 Å². The standard InChI is InChI=1S/C36H51N3O7/c1-21(2)28(38-34(44)46-36(8,9)10)32(42)39(27-19-23(27)4)29(25-18-14-15-22(3)30(25)40)31(41)37-26(33(43)45-35(5,6)7)20-24-16-12-11-13-17-24/h11-18,21,23,26-29,40H,19-20H2,1-10H3,(H,37,41)(H,38,44). The zero-order valence-electron chi connectivity index (χ0n) is 28.8. The number of para-hydroxylation sites is 1. The summed E-state index contributed by atoms with van der Waals surface area (Å²) in [5.41, 5.74) is -0.0586. The van der Waals surface area contributed by atoms with Crippen molar-refractivity contribution in [2.24, 2.45) is 11.8 Å². The van der Waals surface area contributed by atoms with Crippen LogP contribution in [0.5, 0.6) is 5.75 Å². The number of ether oxygens (including phenoxy) is 2. The number of hydrogen-bond acceptors (Lipinski definition) is 7. The molecule has 3 amide bonds. The molecular weight excluding hydrogens is 586 g/mol. The first-order chi connectivity index (χ1) is 21.3. The highest BCUT2D eigenvalue weighted by Gasteiger charge is 2.49. The minimum Gasteiger partial charge on any atom is -0.507 e. The molecule has 0 saturated heterocycles. The molecule has 0 aromatic heterocycles. The molecule has 46 heavy (non-hydrogen) atoms. The summed E-state index contributed by atoms with van der Waals surface area (Å²) in [5.74, 6) is -2.20. The summed E-state index contributed by atoms with van der Waals surface area (Å²) in [6, 6.07) is 10.5. The Labute approximate surface area is 273 Å². The van der Waals surface area contributed by atoms with Gasteiger partial charge in [-0.2, -0.15) is 0 Å². The van der Waals surface area contributed by atoms with E-state index in [1.807, 2.05) is 37.3 Å². The second-order valence-corrected chi connectivity index (χ2v) is 14.6. The molecule has 1 saturated carbocycles. The number of aromatic hydroxyl groups is 1. The van der Waals surface area contributed by atoms with E-state index < -0.39 is 53.2 Å². The van der Waals surface area contributed by atoms with E-state index in [2.05, 4.69) is 10.6 Å². The quantitative estimate of drug-likeness (QED) is 0.273. The first-order valence-corrected chi connectivity index (χ1v) is 16.0. The number of aryl methyl sites for hydroxylation is 1. The van der Waals surface area contributed by atoms with Gasteiger partial charge < -0.3 is 30.1 Å². The number of nitrogens with one attached hydrogen (secondary N) is 2. The molecule has 2 aromatic carbocycles. The van der Waals surface area contributed by atoms with Crippen LogP contribution in [0.25, 0.3) is 0 Å². The van der Waals surface area contributed by atoms with Crippen LogP contribution in [0, 0.1) is 18.8 Å². The maximum Gasteiger partial charge on any atom is 0.408 e. The lowest BCUT2D eigenvalue weighted by Crippen LogP contribution is -2.57. The van der Waals surface area contributed by atoms with Crippen molar-refractivity contribution in [3.8, 4) is 5.75 Å². The molecule has 0 aliphatic heterocycles. The zero-order chi connectivity index (χ0) is 34.6. The van der Waals surface area contributed by atoms with Crippen LogP contribution in [0.15, 0.2) is 48.5 Å². The number of benzene rings is 2. The summed E-state index contributed by atoms with van der Waals surface area (Å²) in [6.07, 6.45) is 0.0192. The fourth-order valence-corrected chi connectivity index (χ4v) is 5.27. The maximum absolute atomic E-state index is 14.5. The van der Waals surface area contributed by atoms with Crippen molar-refractivity contribution in [3.05, 3.63) is 65.2 Å². The summed E-state index contributed by atoms with van der Waals surface area (Å²) in [7, 11) is 0. The molecule has 1 aliphatic rings. The van der Waals surface area contributed by atoms with Gasteiger partial charge in [0.2, 0.25) is 11.8 Å². The molecule has 5 unspecified atom stereocenters. The number of nitrogens with zero attached hydrogens (tertiary/aromatic N) is 1. The van der Waals surface area contributed by atoms with Gasteiger partial charge in [-0.3, -0.25) is 9.59 Å². The predicted octanol–water partition coefficient (Wildman–Crippen LogP) is 5.60. The SMILES string of the molecule is Cc1cccc(C(C(=O)NC(Cc2ccccc2)C(=O)OC(C)(C)C)N(C(=O)C(NC(=O)OC(C)(C)C)C(C)C)C2CC2C)c1O. The van der Waals surface area contributed by atoms with Gasteiger partial charge in [-0.25, -0.2) is 9.59 Å². The van der Waals surface area contributed by atoms with Gasteiger partial charge in [-0.05, 0) is 77.8 Å². The van der Waals surface area contributed by atoms with Crippen LogP contribution in [0.2, 0.25) is 0 Å². The Balaban J connectivity index is 2.10. The molecule has 2 aromatic rings. The summed E-state index contributed by atoms with van der Waals surface area (Å²) in [4.78, 5) is 56.9. The topological polar surface area (TPSA) is 134 Å². The van der Waals surface area contributed by atoms with E-state index in [4.69, 9.17) is 9.47 Å². The molecule has 10 heteroatoms. The highest BCUT2D eigenvalue weighted by molar-refractivity contribution is 5.95. The number of esters is 1. The third kappa shape index (κ3) is 9.96. The Morgan fingerprint density at radius 2 is 1.50 bits per heavy atom. The van der Waals surface area contributed by atoms with E-state index in [9.17, 15) is 24.3 Å². The lowest BCUT2D eigenvalue weighted by molar-refractivity contribution is -0.159. The average molecular weight is 638 g/mol. The maximum atomic E-state index is 14.5. The number of amides is 3. The number of carbonyl (C=O) groups is 4. The van der Waals surface area contributed by atoms with Crippen LogP contribution in [0.1, 0.15) is 91.5 Å². The van der Waals surface area contributed by atoms with Gasteiger partial charge in [-0.15, -0.1) is 0 Å². The highest BCUT2D eigenvalue weighted by Crippen LogP contribution is 2.43. The first kappa shape index (κ1) is 36.4. The van der Waals surface area contributed by atoms with Gasteiger partial charge in [0.15, 0.2) is 0 Å². The van der Waals surface area contributed by atoms with Gasteiger partial charge in [0.25, 0.3) is 0 Å². The third-order valence-electron chi connectivity index (χ3n) is 7.66. The van der Waals surface area contributed by atoms with E-state index in [1.54, 1.807) is 80.5 Å². The normalized spacial score (nSPS) is 18.2. The Hall–Kier alpha value is -4.08. The predicted molar refractivity (Wildman–Crippen MR) is 176 cm³/mol. The minimum atomic E-state index is -1.32. The van der Waals surface area contributed by atoms with Gasteiger partial charge in [0, 0.05) is 18.0 Å². The van der Waals surface area contributed by atoms with Crippen molar-refractivity contribution in [2.75, 3.05) is 0 Å². The minimum absolute atomic E-state index is 0.0616. The zero-order valence-corrected chi connectivity index (χ0v) is 28.8. The largest absolute Gasteiger partial charge is 0.507 e. The van der Waals surface area contributed by atoms with Crippen molar-refractivity contribution in [2.45, 2.75) is 117 Å². The third-order valence-corrected chi connectivity index (χ3v) is 7.66. The Bertz CT molecular complexity index is 1390. The number of hydrogen-bond donors (Lipinski definition) is 3. The smallest absolute Gasteiger partial charge is 0.408 e. The van der Waals surface area contributed by atoms with Crippen LogP contribution in [-0.4, -0.2) is 63.2 Å². The molecule has 10 nitrogen and oxygen atoms in total. The van der Waals surface area contributed by atoms with Crippen LogP contribution in [-0.2, 0) is 30.3 Å². The molecule has 3 N–H and O–H groups in total. The van der Waals surface area contributed by atoms with Crippen LogP contribution < -0.4 is 10.6 Å². The molecule has 0 spiro atoms. The van der Waals surface area contributed by atoms with E-state index >= 15 is 0 Å². The molecule has 5 atom stereocenters. The summed E-state index contributed by atoms with van der Waals surface area (Å²) in [6.45, 7) is 17.7. The average Bonchev–Trinajstić information content (AvgIpc) is 3.65. The lowest BCUT2D eigenvalue weighted by atomic mass is 9.96. The van der Waals surface area contributed by atoms with Crippen LogP contribution >= 0.6 is 0 Å². The van der Waals surface area contributed by atoms with Crippen molar-refractivity contribution >= 4 is 23.9 Å². The van der Waals surface area contributed by atoms with Crippen molar-refractivity contribution in [1.29, 1.82) is 0 Å². The van der Waals surface area contributed by atoms with E-state index in [0.29, 0.717) is 12.0 Å². The molecule has 3 rings (SSSR count). The number of rotatable bonds is 11. The Morgan fingerprint density at radius 3 is 2.02 bits per heavy atom. The highest BCUT2D eigenvalue weighted by atomic mass is 16.6. The van der Waals surface area contributed by atoms with Gasteiger partial charge in [0.1, 0.15) is 35.1 Å². The fraction of sp³-hybridized carbons (Fsp3) is 0.556. The van der Waals surface area contributed by atoms with Crippen LogP contribution in [0.4, 0.5) is 4.79 Å². The Morgan fingerprint density at radius 1 is 0.913 bits per heavy atom. The second kappa shape index (κ2) is 14.6. The molecule has 1 aliphatic carbocycles. The summed E-state index contributed by atoms with van der Waals surface area (Å²) >= 11 is 0. The number of phenolic OH excluding ortho intramolecular Hbond substituents is 1. The van der Waals surface area contributed by atoms with Gasteiger partial charge in [0.05, 0.1) is 0 Å². The molecule has 0 bridgehead atoms. The first-order valence-electron chi connectivity index (χ1n) is 16.0. The second-order valence-electron chi connectivity index (χ2n) is 14.6. The van der Waals surface area contributed by atoms with Gasteiger partial charge in [-0.1, -0.05) is 69.3 Å². The lowest BCUT2D eigenvalue weighted by Gasteiger charge is -2.37. The molecule has 1 fully saturated rings. The monoisotopic (exact) mass is 637 g/mol. The summed E-state index contributed by atoms with van der Waals surface area (Å²) in [5, 5.41) is 16.9. The van der Waals surface area contributed by atoms with Crippen molar-refractivity contribution < 1.29 is 33.8 Å². The molecule has 252 valence electrons. The molecule has 0 heterocycles. The number of phenols is 1. The summed E-state index contributed by atoms with van der Waals surface area (Å²) < 4.78 is 11.2. The number of carbonyl (C=O) groups excluding carboxylic acids is 4. The number of alkyl carbamates (subject to hydrolysis) is 1. The Kier molecular flexibility index (Phi) is 11.5. The molecule has 0 radical (unpaired) electrons.